The van der Waals surface area contributed by atoms with Crippen LogP contribution < -0.4 is 0 Å². The minimum Gasteiger partial charge on any atom is -0.304 e. The Hall–Kier alpha value is 0.270. The van der Waals surface area contributed by atoms with Crippen LogP contribution in [0.3, 0.4) is 0 Å². The van der Waals surface area contributed by atoms with Gasteiger partial charge < -0.3 is 9.80 Å². The van der Waals surface area contributed by atoms with Crippen molar-refractivity contribution in [1.29, 1.82) is 0 Å². The van der Waals surface area contributed by atoms with Crippen LogP contribution in [0, 0.1) is 0 Å². The lowest BCUT2D eigenvalue weighted by molar-refractivity contribution is 0.240. The SMILES string of the molecule is CCN(CC)CCCN(CC)CCCCCS. The fourth-order valence-electron chi connectivity index (χ4n) is 2.11. The highest BCUT2D eigenvalue weighted by Gasteiger charge is 2.03. The van der Waals surface area contributed by atoms with Gasteiger partial charge in [0, 0.05) is 0 Å². The molecule has 17 heavy (non-hydrogen) atoms. The number of unbranched alkanes of at least 4 members (excludes halogenated alkanes) is 2. The maximum atomic E-state index is 4.25. The third-order valence-electron chi connectivity index (χ3n) is 3.42. The summed E-state index contributed by atoms with van der Waals surface area (Å²) in [5, 5.41) is 0. The van der Waals surface area contributed by atoms with Crippen molar-refractivity contribution in [3.63, 3.8) is 0 Å². The van der Waals surface area contributed by atoms with E-state index in [2.05, 4.69) is 43.2 Å². The van der Waals surface area contributed by atoms with E-state index in [9.17, 15) is 0 Å². The molecule has 0 aromatic carbocycles. The Labute approximate surface area is 114 Å². The van der Waals surface area contributed by atoms with Gasteiger partial charge in [0.05, 0.1) is 0 Å². The molecule has 0 heterocycles. The topological polar surface area (TPSA) is 6.48 Å². The predicted molar refractivity (Wildman–Crippen MR) is 82.2 cm³/mol. The summed E-state index contributed by atoms with van der Waals surface area (Å²) in [5.74, 6) is 1.04. The summed E-state index contributed by atoms with van der Waals surface area (Å²) in [6.07, 6.45) is 5.23. The van der Waals surface area contributed by atoms with E-state index < -0.39 is 0 Å². The molecular weight excluding hydrogens is 228 g/mol. The van der Waals surface area contributed by atoms with E-state index in [-0.39, 0.29) is 0 Å². The summed E-state index contributed by atoms with van der Waals surface area (Å²) in [5.41, 5.74) is 0. The van der Waals surface area contributed by atoms with Gasteiger partial charge >= 0.3 is 0 Å². The van der Waals surface area contributed by atoms with Crippen molar-refractivity contribution >= 4 is 12.6 Å². The minimum absolute atomic E-state index is 1.04. The molecule has 0 N–H and O–H groups in total. The first-order valence-electron chi connectivity index (χ1n) is 7.33. The van der Waals surface area contributed by atoms with E-state index in [0.29, 0.717) is 0 Å². The zero-order valence-corrected chi connectivity index (χ0v) is 13.0. The Morgan fingerprint density at radius 1 is 0.647 bits per heavy atom. The lowest BCUT2D eigenvalue weighted by Crippen LogP contribution is -2.30. The number of thiol groups is 1. The molecule has 0 saturated heterocycles. The molecule has 0 atom stereocenters. The predicted octanol–water partition coefficient (Wildman–Crippen LogP) is 3.14. The molecule has 0 aromatic heterocycles. The first kappa shape index (κ1) is 17.3. The lowest BCUT2D eigenvalue weighted by Gasteiger charge is -2.23. The molecule has 104 valence electrons. The van der Waals surface area contributed by atoms with Crippen molar-refractivity contribution in [3.05, 3.63) is 0 Å². The largest absolute Gasteiger partial charge is 0.304 e. The highest BCUT2D eigenvalue weighted by Crippen LogP contribution is 2.01. The van der Waals surface area contributed by atoms with Crippen molar-refractivity contribution in [2.75, 3.05) is 45.0 Å². The summed E-state index contributed by atoms with van der Waals surface area (Å²) in [7, 11) is 0. The Bertz CT molecular complexity index is 149. The van der Waals surface area contributed by atoms with Gasteiger partial charge in [-0.25, -0.2) is 0 Å². The summed E-state index contributed by atoms with van der Waals surface area (Å²) >= 11 is 4.25. The molecule has 0 rings (SSSR count). The molecule has 0 aromatic rings. The average molecular weight is 260 g/mol. The standard InChI is InChI=1S/C14H32N2S/c1-4-15(5-2)12-10-13-16(6-3)11-8-7-9-14-17/h17H,4-14H2,1-3H3. The van der Waals surface area contributed by atoms with Crippen LogP contribution in [-0.4, -0.2) is 54.8 Å². The first-order valence-corrected chi connectivity index (χ1v) is 7.97. The van der Waals surface area contributed by atoms with Gasteiger partial charge in [0.2, 0.25) is 0 Å². The van der Waals surface area contributed by atoms with Crippen LogP contribution in [-0.2, 0) is 0 Å². The van der Waals surface area contributed by atoms with E-state index in [1.165, 1.54) is 65.0 Å². The maximum Gasteiger partial charge on any atom is -0.000666 e. The molecular formula is C14H32N2S. The quantitative estimate of drug-likeness (QED) is 0.425. The number of hydrogen-bond acceptors (Lipinski definition) is 3. The molecule has 0 spiro atoms. The second kappa shape index (κ2) is 12.7. The molecule has 0 aliphatic heterocycles. The summed E-state index contributed by atoms with van der Waals surface area (Å²) in [6.45, 7) is 14.1. The van der Waals surface area contributed by atoms with Gasteiger partial charge in [0.15, 0.2) is 0 Å². The summed E-state index contributed by atoms with van der Waals surface area (Å²) in [6, 6.07) is 0. The van der Waals surface area contributed by atoms with E-state index in [0.717, 1.165) is 5.75 Å². The first-order chi connectivity index (χ1) is 8.28. The van der Waals surface area contributed by atoms with Gasteiger partial charge in [-0.3, -0.25) is 0 Å². The summed E-state index contributed by atoms with van der Waals surface area (Å²) < 4.78 is 0. The second-order valence-electron chi connectivity index (χ2n) is 4.60. The Morgan fingerprint density at radius 3 is 1.71 bits per heavy atom. The number of nitrogens with zero attached hydrogens (tertiary/aromatic N) is 2. The number of hydrogen-bond donors (Lipinski definition) is 1. The van der Waals surface area contributed by atoms with Crippen molar-refractivity contribution in [3.8, 4) is 0 Å². The van der Waals surface area contributed by atoms with E-state index >= 15 is 0 Å². The maximum absolute atomic E-state index is 4.25. The monoisotopic (exact) mass is 260 g/mol. The van der Waals surface area contributed by atoms with E-state index in [1.54, 1.807) is 0 Å². The molecule has 0 unspecified atom stereocenters. The fourth-order valence-corrected chi connectivity index (χ4v) is 2.33. The second-order valence-corrected chi connectivity index (χ2v) is 5.05. The molecule has 0 radical (unpaired) electrons. The fraction of sp³-hybridized carbons (Fsp3) is 1.00. The Balaban J connectivity index is 3.53. The third kappa shape index (κ3) is 9.93. The molecule has 0 aliphatic carbocycles. The minimum atomic E-state index is 1.04. The smallest absolute Gasteiger partial charge is 0.000666 e. The normalized spacial score (nSPS) is 11.6. The average Bonchev–Trinajstić information content (AvgIpc) is 2.37. The van der Waals surface area contributed by atoms with Crippen LogP contribution in [0.2, 0.25) is 0 Å². The van der Waals surface area contributed by atoms with Crippen molar-refractivity contribution in [2.45, 2.75) is 46.5 Å². The van der Waals surface area contributed by atoms with Crippen LogP contribution in [0.15, 0.2) is 0 Å². The molecule has 0 saturated carbocycles. The Morgan fingerprint density at radius 2 is 1.18 bits per heavy atom. The number of rotatable bonds is 12. The van der Waals surface area contributed by atoms with Crippen LogP contribution in [0.4, 0.5) is 0 Å². The lowest BCUT2D eigenvalue weighted by atomic mass is 10.2. The molecule has 0 fully saturated rings. The van der Waals surface area contributed by atoms with Crippen LogP contribution in [0.5, 0.6) is 0 Å². The van der Waals surface area contributed by atoms with Crippen LogP contribution in [0.1, 0.15) is 46.5 Å². The van der Waals surface area contributed by atoms with Gasteiger partial charge in [-0.15, -0.1) is 0 Å². The van der Waals surface area contributed by atoms with Crippen molar-refractivity contribution in [2.24, 2.45) is 0 Å². The molecule has 2 nitrogen and oxygen atoms in total. The summed E-state index contributed by atoms with van der Waals surface area (Å²) in [4.78, 5) is 5.09. The molecule has 0 bridgehead atoms. The zero-order valence-electron chi connectivity index (χ0n) is 12.1. The molecule has 0 aliphatic rings. The Kier molecular flexibility index (Phi) is 12.9. The van der Waals surface area contributed by atoms with Crippen LogP contribution in [0.25, 0.3) is 0 Å². The van der Waals surface area contributed by atoms with Gasteiger partial charge in [-0.05, 0) is 64.3 Å². The van der Waals surface area contributed by atoms with Gasteiger partial charge in [0.25, 0.3) is 0 Å². The van der Waals surface area contributed by atoms with Crippen molar-refractivity contribution in [1.82, 2.24) is 9.80 Å². The van der Waals surface area contributed by atoms with E-state index in [1.807, 2.05) is 0 Å². The van der Waals surface area contributed by atoms with Gasteiger partial charge in [-0.2, -0.15) is 12.6 Å². The van der Waals surface area contributed by atoms with Crippen LogP contribution >= 0.6 is 12.6 Å². The van der Waals surface area contributed by atoms with Gasteiger partial charge in [-0.1, -0.05) is 27.2 Å². The highest BCUT2D eigenvalue weighted by molar-refractivity contribution is 7.80. The highest BCUT2D eigenvalue weighted by atomic mass is 32.1. The van der Waals surface area contributed by atoms with Gasteiger partial charge in [0.1, 0.15) is 0 Å². The van der Waals surface area contributed by atoms with Crippen molar-refractivity contribution < 1.29 is 0 Å². The zero-order chi connectivity index (χ0) is 12.9. The molecule has 0 amide bonds. The van der Waals surface area contributed by atoms with E-state index in [4.69, 9.17) is 0 Å². The molecule has 3 heteroatoms. The third-order valence-corrected chi connectivity index (χ3v) is 3.74.